The molecule has 3 rings (SSSR count). The molecule has 0 amide bonds. The van der Waals surface area contributed by atoms with Crippen molar-refractivity contribution < 1.29 is 0 Å². The lowest BCUT2D eigenvalue weighted by Gasteiger charge is -2.31. The van der Waals surface area contributed by atoms with Gasteiger partial charge in [-0.05, 0) is 61.5 Å². The first-order valence-corrected chi connectivity index (χ1v) is 9.41. The Morgan fingerprint density at radius 3 is 2.28 bits per heavy atom. The topological polar surface area (TPSA) is 6.48 Å². The van der Waals surface area contributed by atoms with E-state index in [1.165, 1.54) is 49.2 Å². The third-order valence-electron chi connectivity index (χ3n) is 5.16. The van der Waals surface area contributed by atoms with Gasteiger partial charge in [0.15, 0.2) is 0 Å². The molecule has 132 valence electrons. The lowest BCUT2D eigenvalue weighted by molar-refractivity contribution is 0.200. The number of hydrogen-bond acceptors (Lipinski definition) is 2. The predicted octanol–water partition coefficient (Wildman–Crippen LogP) is 4.72. The molecule has 0 spiro atoms. The number of rotatable bonds is 6. The minimum atomic E-state index is 0.848. The highest BCUT2D eigenvalue weighted by atomic mass is 15.1. The molecule has 2 aromatic rings. The van der Waals surface area contributed by atoms with Crippen LogP contribution in [0.15, 0.2) is 60.7 Å². The van der Waals surface area contributed by atoms with Crippen LogP contribution in [0.5, 0.6) is 0 Å². The Labute approximate surface area is 152 Å². The summed E-state index contributed by atoms with van der Waals surface area (Å²) in [6.07, 6.45) is 8.43. The SMILES string of the molecule is CN(C)c1ccc(/C=C/CN2CCC(Cc3ccccc3)CC2)cc1. The molecule has 0 unspecified atom stereocenters. The van der Waals surface area contributed by atoms with E-state index in [1.807, 2.05) is 0 Å². The Balaban J connectivity index is 1.41. The van der Waals surface area contributed by atoms with Crippen LogP contribution in [0.3, 0.4) is 0 Å². The Morgan fingerprint density at radius 2 is 1.64 bits per heavy atom. The van der Waals surface area contributed by atoms with Crippen LogP contribution < -0.4 is 4.90 Å². The summed E-state index contributed by atoms with van der Waals surface area (Å²) in [6, 6.07) is 19.7. The number of hydrogen-bond donors (Lipinski definition) is 0. The molecular formula is C23H30N2. The largest absolute Gasteiger partial charge is 0.378 e. The highest BCUT2D eigenvalue weighted by Crippen LogP contribution is 2.21. The van der Waals surface area contributed by atoms with Crippen molar-refractivity contribution in [3.8, 4) is 0 Å². The smallest absolute Gasteiger partial charge is 0.0361 e. The minimum Gasteiger partial charge on any atom is -0.378 e. The summed E-state index contributed by atoms with van der Waals surface area (Å²) in [5.74, 6) is 0.848. The molecule has 1 aliphatic rings. The monoisotopic (exact) mass is 334 g/mol. The summed E-state index contributed by atoms with van der Waals surface area (Å²) in [4.78, 5) is 4.71. The molecule has 0 N–H and O–H groups in total. The second-order valence-electron chi connectivity index (χ2n) is 7.32. The zero-order valence-electron chi connectivity index (χ0n) is 15.6. The molecule has 1 fully saturated rings. The third-order valence-corrected chi connectivity index (χ3v) is 5.16. The van der Waals surface area contributed by atoms with Crippen molar-refractivity contribution in [2.45, 2.75) is 19.3 Å². The second kappa shape index (κ2) is 8.87. The van der Waals surface area contributed by atoms with Crippen molar-refractivity contribution in [1.82, 2.24) is 4.90 Å². The number of nitrogens with zero attached hydrogens (tertiary/aromatic N) is 2. The molecular weight excluding hydrogens is 304 g/mol. The van der Waals surface area contributed by atoms with Crippen LogP contribution >= 0.6 is 0 Å². The van der Waals surface area contributed by atoms with Crippen LogP contribution in [0.2, 0.25) is 0 Å². The highest BCUT2D eigenvalue weighted by molar-refractivity contribution is 5.55. The summed E-state index contributed by atoms with van der Waals surface area (Å²) in [5, 5.41) is 0. The average molecular weight is 335 g/mol. The van der Waals surface area contributed by atoms with Crippen LogP contribution in [-0.4, -0.2) is 38.6 Å². The zero-order chi connectivity index (χ0) is 17.5. The van der Waals surface area contributed by atoms with Gasteiger partial charge in [0, 0.05) is 26.3 Å². The quantitative estimate of drug-likeness (QED) is 0.754. The number of benzene rings is 2. The van der Waals surface area contributed by atoms with Crippen molar-refractivity contribution in [3.63, 3.8) is 0 Å². The van der Waals surface area contributed by atoms with Gasteiger partial charge in [0.2, 0.25) is 0 Å². The van der Waals surface area contributed by atoms with Crippen molar-refractivity contribution in [2.75, 3.05) is 38.6 Å². The van der Waals surface area contributed by atoms with E-state index < -0.39 is 0 Å². The Hall–Kier alpha value is -2.06. The lowest BCUT2D eigenvalue weighted by Crippen LogP contribution is -2.34. The minimum absolute atomic E-state index is 0.848. The molecule has 2 aromatic carbocycles. The maximum absolute atomic E-state index is 2.58. The molecule has 0 atom stereocenters. The fourth-order valence-corrected chi connectivity index (χ4v) is 3.54. The van der Waals surface area contributed by atoms with Gasteiger partial charge in [0.1, 0.15) is 0 Å². The maximum atomic E-state index is 2.58. The van der Waals surface area contributed by atoms with Crippen LogP contribution in [-0.2, 0) is 6.42 Å². The van der Waals surface area contributed by atoms with Crippen LogP contribution in [0.1, 0.15) is 24.0 Å². The Kier molecular flexibility index (Phi) is 6.30. The lowest BCUT2D eigenvalue weighted by atomic mass is 9.90. The van der Waals surface area contributed by atoms with Gasteiger partial charge in [0.25, 0.3) is 0 Å². The van der Waals surface area contributed by atoms with E-state index >= 15 is 0 Å². The van der Waals surface area contributed by atoms with Crippen LogP contribution in [0.4, 0.5) is 5.69 Å². The fourth-order valence-electron chi connectivity index (χ4n) is 3.54. The molecule has 0 aliphatic carbocycles. The molecule has 0 bridgehead atoms. The van der Waals surface area contributed by atoms with Crippen molar-refractivity contribution in [1.29, 1.82) is 0 Å². The first-order valence-electron chi connectivity index (χ1n) is 9.41. The maximum Gasteiger partial charge on any atom is 0.0361 e. The predicted molar refractivity (Wildman–Crippen MR) is 109 cm³/mol. The van der Waals surface area contributed by atoms with Gasteiger partial charge < -0.3 is 4.90 Å². The van der Waals surface area contributed by atoms with Crippen molar-refractivity contribution in [2.24, 2.45) is 5.92 Å². The van der Waals surface area contributed by atoms with E-state index in [0.717, 1.165) is 12.5 Å². The Morgan fingerprint density at radius 1 is 0.960 bits per heavy atom. The standard InChI is InChI=1S/C23H30N2/c1-24(2)23-12-10-20(11-13-23)9-6-16-25-17-14-22(15-18-25)19-21-7-4-3-5-8-21/h3-13,22H,14-19H2,1-2H3/b9-6+. The Bertz CT molecular complexity index is 650. The van der Waals surface area contributed by atoms with Crippen LogP contribution in [0.25, 0.3) is 6.08 Å². The third kappa shape index (κ3) is 5.47. The van der Waals surface area contributed by atoms with Gasteiger partial charge in [0.05, 0.1) is 0 Å². The van der Waals surface area contributed by atoms with Crippen LogP contribution in [0, 0.1) is 5.92 Å². The van der Waals surface area contributed by atoms with E-state index in [9.17, 15) is 0 Å². The van der Waals surface area contributed by atoms with Gasteiger partial charge in [-0.25, -0.2) is 0 Å². The van der Waals surface area contributed by atoms with E-state index in [4.69, 9.17) is 0 Å². The van der Waals surface area contributed by atoms with E-state index in [-0.39, 0.29) is 0 Å². The second-order valence-corrected chi connectivity index (χ2v) is 7.32. The van der Waals surface area contributed by atoms with Gasteiger partial charge in [-0.2, -0.15) is 0 Å². The first-order chi connectivity index (χ1) is 12.2. The normalized spacial score (nSPS) is 16.4. The van der Waals surface area contributed by atoms with Gasteiger partial charge in [-0.1, -0.05) is 54.6 Å². The molecule has 1 heterocycles. The van der Waals surface area contributed by atoms with Crippen molar-refractivity contribution >= 4 is 11.8 Å². The van der Waals surface area contributed by atoms with E-state index in [2.05, 4.69) is 90.6 Å². The number of likely N-dealkylation sites (tertiary alicyclic amines) is 1. The van der Waals surface area contributed by atoms with Gasteiger partial charge in [-0.3, -0.25) is 4.90 Å². The molecule has 0 saturated carbocycles. The number of piperidine rings is 1. The number of anilines is 1. The van der Waals surface area contributed by atoms with Gasteiger partial charge in [-0.15, -0.1) is 0 Å². The van der Waals surface area contributed by atoms with E-state index in [0.29, 0.717) is 0 Å². The van der Waals surface area contributed by atoms with Gasteiger partial charge >= 0.3 is 0 Å². The molecule has 0 aromatic heterocycles. The first kappa shape index (κ1) is 17.8. The fraction of sp³-hybridized carbons (Fsp3) is 0.391. The highest BCUT2D eigenvalue weighted by Gasteiger charge is 2.18. The van der Waals surface area contributed by atoms with E-state index in [1.54, 1.807) is 0 Å². The summed E-state index contributed by atoms with van der Waals surface area (Å²) >= 11 is 0. The molecule has 2 heteroatoms. The molecule has 1 saturated heterocycles. The molecule has 0 radical (unpaired) electrons. The summed E-state index contributed by atoms with van der Waals surface area (Å²) in [5.41, 5.74) is 4.02. The molecule has 1 aliphatic heterocycles. The van der Waals surface area contributed by atoms with Crippen molar-refractivity contribution in [3.05, 3.63) is 71.8 Å². The summed E-state index contributed by atoms with van der Waals surface area (Å²) < 4.78 is 0. The average Bonchev–Trinajstić information content (AvgIpc) is 2.64. The zero-order valence-corrected chi connectivity index (χ0v) is 15.6. The molecule has 2 nitrogen and oxygen atoms in total. The molecule has 25 heavy (non-hydrogen) atoms. The summed E-state index contributed by atoms with van der Waals surface area (Å²) in [7, 11) is 4.15. The summed E-state index contributed by atoms with van der Waals surface area (Å²) in [6.45, 7) is 3.51.